The summed E-state index contributed by atoms with van der Waals surface area (Å²) in [6.07, 6.45) is 0. The SMILES string of the molecule is Cc1ccc(C)c(OCC(=O)NCC(C)(C)N)c1. The second-order valence-electron chi connectivity index (χ2n) is 5.32. The molecule has 1 aromatic rings. The minimum atomic E-state index is -0.408. The van der Waals surface area contributed by atoms with Crippen LogP contribution in [0, 0.1) is 13.8 Å². The number of ether oxygens (including phenoxy) is 1. The van der Waals surface area contributed by atoms with Gasteiger partial charge in [-0.15, -0.1) is 0 Å². The van der Waals surface area contributed by atoms with Crippen LogP contribution in [-0.2, 0) is 4.79 Å². The zero-order valence-corrected chi connectivity index (χ0v) is 11.5. The molecule has 0 aliphatic rings. The van der Waals surface area contributed by atoms with Crippen molar-refractivity contribution in [2.45, 2.75) is 33.2 Å². The molecule has 0 atom stereocenters. The summed E-state index contributed by atoms with van der Waals surface area (Å²) in [5.74, 6) is 0.589. The summed E-state index contributed by atoms with van der Waals surface area (Å²) in [6, 6.07) is 5.92. The predicted molar refractivity (Wildman–Crippen MR) is 72.7 cm³/mol. The molecule has 0 saturated heterocycles. The fourth-order valence-corrected chi connectivity index (χ4v) is 1.38. The van der Waals surface area contributed by atoms with Crippen LogP contribution in [0.4, 0.5) is 0 Å². The third kappa shape index (κ3) is 5.19. The third-order valence-electron chi connectivity index (χ3n) is 2.44. The first-order chi connectivity index (χ1) is 8.28. The van der Waals surface area contributed by atoms with E-state index in [4.69, 9.17) is 10.5 Å². The van der Waals surface area contributed by atoms with Crippen molar-refractivity contribution in [2.75, 3.05) is 13.2 Å². The van der Waals surface area contributed by atoms with Crippen molar-refractivity contribution in [1.82, 2.24) is 5.32 Å². The fraction of sp³-hybridized carbons (Fsp3) is 0.500. The minimum Gasteiger partial charge on any atom is -0.483 e. The molecule has 100 valence electrons. The molecule has 0 aliphatic heterocycles. The molecule has 0 spiro atoms. The molecule has 0 fully saturated rings. The molecule has 1 aromatic carbocycles. The maximum atomic E-state index is 11.6. The summed E-state index contributed by atoms with van der Waals surface area (Å²) in [5, 5.41) is 2.74. The Hall–Kier alpha value is -1.55. The number of hydrogen-bond donors (Lipinski definition) is 2. The lowest BCUT2D eigenvalue weighted by Crippen LogP contribution is -2.46. The molecular weight excluding hydrogens is 228 g/mol. The number of aryl methyl sites for hydroxylation is 2. The average molecular weight is 250 g/mol. The highest BCUT2D eigenvalue weighted by atomic mass is 16.5. The largest absolute Gasteiger partial charge is 0.483 e. The van der Waals surface area contributed by atoms with E-state index in [9.17, 15) is 4.79 Å². The first-order valence-electron chi connectivity index (χ1n) is 6.03. The highest BCUT2D eigenvalue weighted by Crippen LogP contribution is 2.18. The summed E-state index contributed by atoms with van der Waals surface area (Å²) in [6.45, 7) is 8.11. The zero-order valence-electron chi connectivity index (χ0n) is 11.5. The Kier molecular flexibility index (Phi) is 4.73. The highest BCUT2D eigenvalue weighted by molar-refractivity contribution is 5.77. The van der Waals surface area contributed by atoms with Crippen LogP contribution in [-0.4, -0.2) is 24.6 Å². The molecule has 4 nitrogen and oxygen atoms in total. The Labute approximate surface area is 109 Å². The number of nitrogens with two attached hydrogens (primary N) is 1. The van der Waals surface area contributed by atoms with Crippen LogP contribution in [0.2, 0.25) is 0 Å². The average Bonchev–Trinajstić information content (AvgIpc) is 2.26. The Morgan fingerprint density at radius 1 is 1.39 bits per heavy atom. The molecule has 18 heavy (non-hydrogen) atoms. The molecule has 0 heterocycles. The molecule has 3 N–H and O–H groups in total. The van der Waals surface area contributed by atoms with Gasteiger partial charge in [-0.05, 0) is 44.9 Å². The van der Waals surface area contributed by atoms with E-state index in [1.54, 1.807) is 0 Å². The van der Waals surface area contributed by atoms with E-state index in [2.05, 4.69) is 5.32 Å². The van der Waals surface area contributed by atoms with Crippen molar-refractivity contribution in [1.29, 1.82) is 0 Å². The lowest BCUT2D eigenvalue weighted by atomic mass is 10.1. The quantitative estimate of drug-likeness (QED) is 0.833. The zero-order chi connectivity index (χ0) is 13.8. The number of hydrogen-bond acceptors (Lipinski definition) is 3. The first kappa shape index (κ1) is 14.5. The minimum absolute atomic E-state index is 0.0143. The molecule has 0 aliphatic carbocycles. The first-order valence-corrected chi connectivity index (χ1v) is 6.03. The van der Waals surface area contributed by atoms with E-state index >= 15 is 0 Å². The van der Waals surface area contributed by atoms with Crippen LogP contribution in [0.25, 0.3) is 0 Å². The van der Waals surface area contributed by atoms with Gasteiger partial charge in [0.25, 0.3) is 5.91 Å². The lowest BCUT2D eigenvalue weighted by molar-refractivity contribution is -0.123. The molecule has 4 heteroatoms. The number of amides is 1. The van der Waals surface area contributed by atoms with Gasteiger partial charge in [0, 0.05) is 12.1 Å². The molecule has 0 bridgehead atoms. The summed E-state index contributed by atoms with van der Waals surface area (Å²) in [5.41, 5.74) is 7.50. The van der Waals surface area contributed by atoms with E-state index in [1.807, 2.05) is 45.9 Å². The van der Waals surface area contributed by atoms with Gasteiger partial charge in [0.2, 0.25) is 0 Å². The molecular formula is C14H22N2O2. The van der Waals surface area contributed by atoms with Crippen molar-refractivity contribution in [3.63, 3.8) is 0 Å². The molecule has 1 amide bonds. The smallest absolute Gasteiger partial charge is 0.258 e. The summed E-state index contributed by atoms with van der Waals surface area (Å²) in [7, 11) is 0. The van der Waals surface area contributed by atoms with Gasteiger partial charge in [0.15, 0.2) is 6.61 Å². The van der Waals surface area contributed by atoms with Crippen molar-refractivity contribution in [3.05, 3.63) is 29.3 Å². The summed E-state index contributed by atoms with van der Waals surface area (Å²) < 4.78 is 5.49. The number of nitrogens with one attached hydrogen (secondary N) is 1. The topological polar surface area (TPSA) is 64.3 Å². The lowest BCUT2D eigenvalue weighted by Gasteiger charge is -2.19. The second-order valence-corrected chi connectivity index (χ2v) is 5.32. The standard InChI is InChI=1S/C14H22N2O2/c1-10-5-6-11(2)12(7-10)18-8-13(17)16-9-14(3,4)15/h5-7H,8-9,15H2,1-4H3,(H,16,17). The highest BCUT2D eigenvalue weighted by Gasteiger charge is 2.12. The van der Waals surface area contributed by atoms with Gasteiger partial charge in [0.05, 0.1) is 0 Å². The van der Waals surface area contributed by atoms with Crippen molar-refractivity contribution < 1.29 is 9.53 Å². The molecule has 0 saturated carbocycles. The van der Waals surface area contributed by atoms with Crippen LogP contribution in [0.1, 0.15) is 25.0 Å². The number of carbonyl (C=O) groups is 1. The van der Waals surface area contributed by atoms with E-state index < -0.39 is 5.54 Å². The third-order valence-corrected chi connectivity index (χ3v) is 2.44. The summed E-state index contributed by atoms with van der Waals surface area (Å²) >= 11 is 0. The number of carbonyl (C=O) groups excluding carboxylic acids is 1. The Morgan fingerprint density at radius 2 is 2.06 bits per heavy atom. The Balaban J connectivity index is 2.45. The number of benzene rings is 1. The van der Waals surface area contributed by atoms with E-state index in [-0.39, 0.29) is 12.5 Å². The van der Waals surface area contributed by atoms with Crippen LogP contribution >= 0.6 is 0 Å². The Bertz CT molecular complexity index is 422. The van der Waals surface area contributed by atoms with Gasteiger partial charge in [-0.25, -0.2) is 0 Å². The van der Waals surface area contributed by atoms with Crippen molar-refractivity contribution in [3.8, 4) is 5.75 Å². The molecule has 1 rings (SSSR count). The monoisotopic (exact) mass is 250 g/mol. The van der Waals surface area contributed by atoms with E-state index in [1.165, 1.54) is 0 Å². The predicted octanol–water partition coefficient (Wildman–Crippen LogP) is 1.54. The van der Waals surface area contributed by atoms with Gasteiger partial charge >= 0.3 is 0 Å². The normalized spacial score (nSPS) is 11.2. The van der Waals surface area contributed by atoms with Crippen molar-refractivity contribution in [2.24, 2.45) is 5.73 Å². The maximum Gasteiger partial charge on any atom is 0.258 e. The molecule has 0 unspecified atom stereocenters. The van der Waals surface area contributed by atoms with E-state index in [0.717, 1.165) is 16.9 Å². The second kappa shape index (κ2) is 5.87. The van der Waals surface area contributed by atoms with Crippen molar-refractivity contribution >= 4 is 5.91 Å². The maximum absolute atomic E-state index is 11.6. The van der Waals surface area contributed by atoms with Gasteiger partial charge in [-0.2, -0.15) is 0 Å². The van der Waals surface area contributed by atoms with Crippen LogP contribution in [0.15, 0.2) is 18.2 Å². The number of rotatable bonds is 5. The van der Waals surface area contributed by atoms with Crippen LogP contribution in [0.5, 0.6) is 5.75 Å². The van der Waals surface area contributed by atoms with Crippen LogP contribution < -0.4 is 15.8 Å². The van der Waals surface area contributed by atoms with Crippen LogP contribution in [0.3, 0.4) is 0 Å². The van der Waals surface area contributed by atoms with Gasteiger partial charge < -0.3 is 15.8 Å². The fourth-order valence-electron chi connectivity index (χ4n) is 1.38. The molecule has 0 aromatic heterocycles. The summed E-state index contributed by atoms with van der Waals surface area (Å²) in [4.78, 5) is 11.6. The molecule has 0 radical (unpaired) electrons. The van der Waals surface area contributed by atoms with Gasteiger partial charge in [-0.1, -0.05) is 12.1 Å². The van der Waals surface area contributed by atoms with E-state index in [0.29, 0.717) is 6.54 Å². The van der Waals surface area contributed by atoms with Gasteiger partial charge in [0.1, 0.15) is 5.75 Å². The van der Waals surface area contributed by atoms with Gasteiger partial charge in [-0.3, -0.25) is 4.79 Å². The Morgan fingerprint density at radius 3 is 2.67 bits per heavy atom.